The van der Waals surface area contributed by atoms with Gasteiger partial charge in [-0.25, -0.2) is 0 Å². The summed E-state index contributed by atoms with van der Waals surface area (Å²) in [5.74, 6) is 2.95. The predicted octanol–water partition coefficient (Wildman–Crippen LogP) is 2.72. The lowest BCUT2D eigenvalue weighted by atomic mass is 10.2. The Balaban J connectivity index is 1.72. The molecule has 1 aromatic carbocycles. The van der Waals surface area contributed by atoms with E-state index in [1.54, 1.807) is 11.8 Å². The average Bonchev–Trinajstić information content (AvgIpc) is 2.89. The minimum atomic E-state index is 0.716. The van der Waals surface area contributed by atoms with E-state index in [1.165, 1.54) is 12.8 Å². The van der Waals surface area contributed by atoms with Crippen LogP contribution in [0.4, 0.5) is 0 Å². The maximum atomic E-state index is 10.7. The van der Waals surface area contributed by atoms with Crippen LogP contribution in [-0.2, 0) is 18.7 Å². The number of hydrogen-bond acceptors (Lipinski definition) is 4. The maximum Gasteiger partial charge on any atom is 0.150 e. The molecule has 0 radical (unpaired) electrons. The summed E-state index contributed by atoms with van der Waals surface area (Å²) in [6, 6.07) is 7.65. The zero-order valence-corrected chi connectivity index (χ0v) is 11.4. The van der Waals surface area contributed by atoms with E-state index < -0.39 is 0 Å². The number of rotatable bonds is 4. The van der Waals surface area contributed by atoms with E-state index in [1.807, 2.05) is 24.3 Å². The first-order chi connectivity index (χ1) is 9.36. The highest BCUT2D eigenvalue weighted by atomic mass is 32.2. The number of aryl methyl sites for hydroxylation is 1. The number of nitrogens with zero attached hydrogens (tertiary/aromatic N) is 3. The molecule has 0 spiro atoms. The summed E-state index contributed by atoms with van der Waals surface area (Å²) in [6.07, 6.45) is 4.34. The molecule has 1 aliphatic rings. The fourth-order valence-electron chi connectivity index (χ4n) is 2.30. The molecule has 98 valence electrons. The average molecular weight is 273 g/mol. The first-order valence-corrected chi connectivity index (χ1v) is 7.44. The van der Waals surface area contributed by atoms with Crippen molar-refractivity contribution in [1.29, 1.82) is 0 Å². The van der Waals surface area contributed by atoms with Crippen molar-refractivity contribution in [3.63, 3.8) is 0 Å². The quantitative estimate of drug-likeness (QED) is 0.635. The van der Waals surface area contributed by atoms with Crippen LogP contribution < -0.4 is 0 Å². The van der Waals surface area contributed by atoms with Gasteiger partial charge in [0.25, 0.3) is 0 Å². The van der Waals surface area contributed by atoms with Gasteiger partial charge < -0.3 is 4.57 Å². The third-order valence-corrected chi connectivity index (χ3v) is 4.29. The van der Waals surface area contributed by atoms with Crippen molar-refractivity contribution in [2.75, 3.05) is 0 Å². The number of aldehydes is 1. The highest BCUT2D eigenvalue weighted by Gasteiger charge is 2.15. The number of carbonyl (C=O) groups excluding carboxylic acids is 1. The molecule has 0 saturated carbocycles. The number of fused-ring (bicyclic) bond motifs is 1. The molecule has 5 heteroatoms. The molecule has 4 nitrogen and oxygen atoms in total. The summed E-state index contributed by atoms with van der Waals surface area (Å²) in [4.78, 5) is 11.8. The molecule has 2 heterocycles. The molecule has 0 saturated heterocycles. The van der Waals surface area contributed by atoms with Crippen molar-refractivity contribution in [2.45, 2.75) is 36.5 Å². The molecule has 0 atom stereocenters. The van der Waals surface area contributed by atoms with Crippen LogP contribution in [0.15, 0.2) is 29.2 Å². The monoisotopic (exact) mass is 273 g/mol. The van der Waals surface area contributed by atoms with Gasteiger partial charge in [-0.3, -0.25) is 4.79 Å². The Morgan fingerprint density at radius 3 is 3.16 bits per heavy atom. The van der Waals surface area contributed by atoms with Crippen LogP contribution in [-0.4, -0.2) is 21.1 Å². The molecule has 1 aliphatic heterocycles. The van der Waals surface area contributed by atoms with Crippen LogP contribution in [0.25, 0.3) is 0 Å². The Bertz CT molecular complexity index is 594. The van der Waals surface area contributed by atoms with Crippen LogP contribution in [0.3, 0.4) is 0 Å². The van der Waals surface area contributed by atoms with Crippen molar-refractivity contribution in [1.82, 2.24) is 14.8 Å². The van der Waals surface area contributed by atoms with Crippen LogP contribution >= 0.6 is 11.8 Å². The van der Waals surface area contributed by atoms with Gasteiger partial charge in [0.05, 0.1) is 5.75 Å². The molecule has 0 fully saturated rings. The van der Waals surface area contributed by atoms with Gasteiger partial charge in [0.2, 0.25) is 0 Å². The highest BCUT2D eigenvalue weighted by molar-refractivity contribution is 7.98. The standard InChI is InChI=1S/C14H15N3OS/c18-9-11-4-3-5-12(8-11)19-10-14-16-15-13-6-1-2-7-17(13)14/h3-5,8-9H,1-2,6-7,10H2. The van der Waals surface area contributed by atoms with Crippen molar-refractivity contribution in [2.24, 2.45) is 0 Å². The number of benzene rings is 1. The van der Waals surface area contributed by atoms with Crippen molar-refractivity contribution >= 4 is 18.0 Å². The van der Waals surface area contributed by atoms with Crippen LogP contribution in [0, 0.1) is 0 Å². The SMILES string of the molecule is O=Cc1cccc(SCc2nnc3n2CCCC3)c1. The second kappa shape index (κ2) is 5.57. The maximum absolute atomic E-state index is 10.7. The van der Waals surface area contributed by atoms with Gasteiger partial charge in [-0.05, 0) is 25.0 Å². The topological polar surface area (TPSA) is 47.8 Å². The van der Waals surface area contributed by atoms with Gasteiger partial charge in [-0.1, -0.05) is 12.1 Å². The molecule has 0 bridgehead atoms. The zero-order valence-electron chi connectivity index (χ0n) is 10.6. The summed E-state index contributed by atoms with van der Waals surface area (Å²) in [5.41, 5.74) is 0.716. The Kier molecular flexibility index (Phi) is 3.64. The van der Waals surface area contributed by atoms with Crippen LogP contribution in [0.1, 0.15) is 34.8 Å². The smallest absolute Gasteiger partial charge is 0.150 e. The van der Waals surface area contributed by atoms with Gasteiger partial charge in [0, 0.05) is 23.4 Å². The fourth-order valence-corrected chi connectivity index (χ4v) is 3.20. The largest absolute Gasteiger partial charge is 0.314 e. The molecule has 0 aliphatic carbocycles. The first kappa shape index (κ1) is 12.4. The van der Waals surface area contributed by atoms with E-state index in [2.05, 4.69) is 14.8 Å². The predicted molar refractivity (Wildman–Crippen MR) is 74.4 cm³/mol. The minimum Gasteiger partial charge on any atom is -0.314 e. The Morgan fingerprint density at radius 1 is 1.32 bits per heavy atom. The molecule has 1 aromatic heterocycles. The lowest BCUT2D eigenvalue weighted by molar-refractivity contribution is 0.112. The van der Waals surface area contributed by atoms with E-state index >= 15 is 0 Å². The number of aromatic nitrogens is 3. The third-order valence-electron chi connectivity index (χ3n) is 3.30. The van der Waals surface area contributed by atoms with E-state index in [0.717, 1.165) is 41.5 Å². The normalized spacial score (nSPS) is 14.1. The molecule has 2 aromatic rings. The van der Waals surface area contributed by atoms with Gasteiger partial charge in [-0.2, -0.15) is 0 Å². The number of thioether (sulfide) groups is 1. The van der Waals surface area contributed by atoms with Crippen LogP contribution in [0.2, 0.25) is 0 Å². The van der Waals surface area contributed by atoms with Crippen molar-refractivity contribution in [3.05, 3.63) is 41.5 Å². The molecule has 0 amide bonds. The Morgan fingerprint density at radius 2 is 2.26 bits per heavy atom. The highest BCUT2D eigenvalue weighted by Crippen LogP contribution is 2.24. The minimum absolute atomic E-state index is 0.716. The second-order valence-corrected chi connectivity index (χ2v) is 5.67. The van der Waals surface area contributed by atoms with Gasteiger partial charge in [-0.15, -0.1) is 22.0 Å². The molecule has 3 rings (SSSR count). The summed E-state index contributed by atoms with van der Waals surface area (Å²) in [6.45, 7) is 1.03. The number of hydrogen-bond donors (Lipinski definition) is 0. The summed E-state index contributed by atoms with van der Waals surface area (Å²) >= 11 is 1.70. The van der Waals surface area contributed by atoms with E-state index in [-0.39, 0.29) is 0 Å². The summed E-state index contributed by atoms with van der Waals surface area (Å²) in [5, 5.41) is 8.52. The Labute approximate surface area is 116 Å². The van der Waals surface area contributed by atoms with Crippen molar-refractivity contribution < 1.29 is 4.79 Å². The van der Waals surface area contributed by atoms with E-state index in [9.17, 15) is 4.79 Å². The third kappa shape index (κ3) is 2.71. The lowest BCUT2D eigenvalue weighted by Gasteiger charge is -2.14. The van der Waals surface area contributed by atoms with E-state index in [0.29, 0.717) is 5.56 Å². The molecule has 0 N–H and O–H groups in total. The molecule has 19 heavy (non-hydrogen) atoms. The molecular formula is C14H15N3OS. The van der Waals surface area contributed by atoms with Crippen molar-refractivity contribution in [3.8, 4) is 0 Å². The molecular weight excluding hydrogens is 258 g/mol. The zero-order chi connectivity index (χ0) is 13.1. The summed E-state index contributed by atoms with van der Waals surface area (Å²) in [7, 11) is 0. The van der Waals surface area contributed by atoms with Gasteiger partial charge in [0.15, 0.2) is 0 Å². The first-order valence-electron chi connectivity index (χ1n) is 6.46. The Hall–Kier alpha value is -1.62. The molecule has 0 unspecified atom stereocenters. The van der Waals surface area contributed by atoms with Gasteiger partial charge in [0.1, 0.15) is 17.9 Å². The number of carbonyl (C=O) groups is 1. The fraction of sp³-hybridized carbons (Fsp3) is 0.357. The van der Waals surface area contributed by atoms with Gasteiger partial charge >= 0.3 is 0 Å². The van der Waals surface area contributed by atoms with E-state index in [4.69, 9.17) is 0 Å². The second-order valence-electron chi connectivity index (χ2n) is 4.62. The summed E-state index contributed by atoms with van der Waals surface area (Å²) < 4.78 is 2.24. The lowest BCUT2D eigenvalue weighted by Crippen LogP contribution is -2.12. The van der Waals surface area contributed by atoms with Crippen LogP contribution in [0.5, 0.6) is 0 Å².